The predicted molar refractivity (Wildman–Crippen MR) is 155 cm³/mol. The van der Waals surface area contributed by atoms with E-state index in [1.165, 1.54) is 12.0 Å². The summed E-state index contributed by atoms with van der Waals surface area (Å²) < 4.78 is 51.4. The summed E-state index contributed by atoms with van der Waals surface area (Å²) in [6.07, 6.45) is -1.24. The molecule has 1 aliphatic rings. The number of carbonyl (C=O) groups excluding carboxylic acids is 2. The zero-order valence-electron chi connectivity index (χ0n) is 23.8. The van der Waals surface area contributed by atoms with Crippen molar-refractivity contribution in [2.75, 3.05) is 13.7 Å². The molecule has 1 aliphatic heterocycles. The van der Waals surface area contributed by atoms with Gasteiger partial charge in [0, 0.05) is 30.2 Å². The molecule has 0 spiro atoms. The molecule has 5 rings (SSSR count). The lowest BCUT2D eigenvalue weighted by molar-refractivity contribution is -0.159. The van der Waals surface area contributed by atoms with Crippen molar-refractivity contribution in [1.29, 1.82) is 0 Å². The zero-order chi connectivity index (χ0) is 30.3. The first-order valence-corrected chi connectivity index (χ1v) is 13.9. The summed E-state index contributed by atoms with van der Waals surface area (Å²) in [4.78, 5) is 29.0. The van der Waals surface area contributed by atoms with Crippen LogP contribution in [0.5, 0.6) is 17.2 Å². The van der Waals surface area contributed by atoms with Crippen molar-refractivity contribution in [3.05, 3.63) is 125 Å². The van der Waals surface area contributed by atoms with E-state index in [-0.39, 0.29) is 31.9 Å². The van der Waals surface area contributed by atoms with Crippen LogP contribution in [-0.2, 0) is 33.9 Å². The van der Waals surface area contributed by atoms with Crippen LogP contribution in [0.3, 0.4) is 0 Å². The van der Waals surface area contributed by atoms with Crippen LogP contribution >= 0.6 is 0 Å². The van der Waals surface area contributed by atoms with Crippen molar-refractivity contribution < 1.29 is 37.3 Å². The van der Waals surface area contributed by atoms with Gasteiger partial charge in [-0.3, -0.25) is 4.79 Å². The van der Waals surface area contributed by atoms with Crippen molar-refractivity contribution in [2.24, 2.45) is 0 Å². The Balaban J connectivity index is 1.52. The molecule has 4 aromatic rings. The monoisotopic (exact) mass is 587 g/mol. The van der Waals surface area contributed by atoms with E-state index in [2.05, 4.69) is 0 Å². The quantitative estimate of drug-likeness (QED) is 0.206. The molecule has 7 nitrogen and oxygen atoms in total. The number of carbonyl (C=O) groups is 2. The molecule has 0 saturated carbocycles. The van der Waals surface area contributed by atoms with Crippen LogP contribution in [0.4, 0.5) is 8.78 Å². The fourth-order valence-electron chi connectivity index (χ4n) is 5.08. The molecule has 0 N–H and O–H groups in total. The van der Waals surface area contributed by atoms with Crippen LogP contribution < -0.4 is 14.2 Å². The third-order valence-corrected chi connectivity index (χ3v) is 7.19. The third kappa shape index (κ3) is 6.61. The van der Waals surface area contributed by atoms with Gasteiger partial charge in [0.15, 0.2) is 23.1 Å². The minimum atomic E-state index is -1.33. The van der Waals surface area contributed by atoms with E-state index >= 15 is 0 Å². The summed E-state index contributed by atoms with van der Waals surface area (Å²) in [5, 5.41) is 0. The number of nitrogens with zero attached hydrogens (tertiary/aromatic N) is 1. The SMILES string of the molecule is CCOC(=O)[C@@H]1Cc2c(ccc(OC)c2OCc2ccccc2)CN1C(=O)[C@@H](Oc1ccc(F)cc1F)c1ccccc1. The first kappa shape index (κ1) is 29.6. The van der Waals surface area contributed by atoms with Gasteiger partial charge in [0.2, 0.25) is 6.10 Å². The van der Waals surface area contributed by atoms with E-state index in [0.717, 1.165) is 28.8 Å². The van der Waals surface area contributed by atoms with E-state index in [4.69, 9.17) is 18.9 Å². The highest BCUT2D eigenvalue weighted by Crippen LogP contribution is 2.40. The maximum absolute atomic E-state index is 14.7. The minimum Gasteiger partial charge on any atom is -0.493 e. The van der Waals surface area contributed by atoms with Gasteiger partial charge in [0.1, 0.15) is 18.5 Å². The molecule has 0 bridgehead atoms. The smallest absolute Gasteiger partial charge is 0.329 e. The summed E-state index contributed by atoms with van der Waals surface area (Å²) in [6.45, 7) is 2.10. The number of esters is 1. The van der Waals surface area contributed by atoms with E-state index in [0.29, 0.717) is 23.1 Å². The van der Waals surface area contributed by atoms with E-state index in [9.17, 15) is 18.4 Å². The van der Waals surface area contributed by atoms with E-state index in [1.54, 1.807) is 43.3 Å². The first-order chi connectivity index (χ1) is 20.9. The summed E-state index contributed by atoms with van der Waals surface area (Å²) in [5.74, 6) is -2.23. The Labute approximate surface area is 248 Å². The van der Waals surface area contributed by atoms with Gasteiger partial charge in [-0.05, 0) is 36.2 Å². The zero-order valence-corrected chi connectivity index (χ0v) is 23.8. The van der Waals surface area contributed by atoms with E-state index < -0.39 is 35.7 Å². The lowest BCUT2D eigenvalue weighted by Gasteiger charge is -2.38. The molecule has 43 heavy (non-hydrogen) atoms. The third-order valence-electron chi connectivity index (χ3n) is 7.19. The van der Waals surface area contributed by atoms with Crippen LogP contribution in [0.1, 0.15) is 35.3 Å². The van der Waals surface area contributed by atoms with Gasteiger partial charge in [-0.15, -0.1) is 0 Å². The molecule has 2 atom stereocenters. The second-order valence-electron chi connectivity index (χ2n) is 9.93. The number of rotatable bonds is 10. The number of hydrogen-bond donors (Lipinski definition) is 0. The molecule has 0 aromatic heterocycles. The summed E-state index contributed by atoms with van der Waals surface area (Å²) in [6, 6.07) is 23.6. The molecule has 0 saturated heterocycles. The second-order valence-corrected chi connectivity index (χ2v) is 9.93. The highest BCUT2D eigenvalue weighted by Gasteiger charge is 2.41. The van der Waals surface area contributed by atoms with Gasteiger partial charge in [-0.25, -0.2) is 13.6 Å². The minimum absolute atomic E-state index is 0.0297. The van der Waals surface area contributed by atoms with Crippen LogP contribution in [0.15, 0.2) is 91.0 Å². The molecular weight excluding hydrogens is 556 g/mol. The highest BCUT2D eigenvalue weighted by atomic mass is 19.1. The van der Waals surface area contributed by atoms with Crippen molar-refractivity contribution in [3.63, 3.8) is 0 Å². The van der Waals surface area contributed by atoms with Crippen molar-refractivity contribution in [2.45, 2.75) is 38.6 Å². The van der Waals surface area contributed by atoms with Crippen molar-refractivity contribution in [1.82, 2.24) is 4.90 Å². The van der Waals surface area contributed by atoms with Crippen molar-refractivity contribution >= 4 is 11.9 Å². The molecule has 0 aliphatic carbocycles. The molecule has 1 heterocycles. The molecule has 222 valence electrons. The fraction of sp³-hybridized carbons (Fsp3) is 0.235. The Morgan fingerprint density at radius 2 is 1.63 bits per heavy atom. The van der Waals surface area contributed by atoms with Crippen LogP contribution in [-0.4, -0.2) is 36.5 Å². The van der Waals surface area contributed by atoms with Crippen LogP contribution in [0.25, 0.3) is 0 Å². The van der Waals surface area contributed by atoms with Crippen LogP contribution in [0.2, 0.25) is 0 Å². The molecule has 0 fully saturated rings. The lowest BCUT2D eigenvalue weighted by Crippen LogP contribution is -2.51. The predicted octanol–water partition coefficient (Wildman–Crippen LogP) is 6.19. The standard InChI is InChI=1S/C34H31F2NO6/c1-3-41-34(39)28-19-26-24(14-16-30(40-2)32(26)42-21-22-10-6-4-7-11-22)20-37(28)33(38)31(23-12-8-5-9-13-23)43-29-17-15-25(35)18-27(29)36/h4-18,28,31H,3,19-21H2,1-2H3/t28-,31-/m0/s1. The van der Waals surface area contributed by atoms with Gasteiger partial charge in [0.25, 0.3) is 5.91 Å². The highest BCUT2D eigenvalue weighted by molar-refractivity contribution is 5.89. The average Bonchev–Trinajstić information content (AvgIpc) is 3.03. The number of halogens is 2. The topological polar surface area (TPSA) is 74.3 Å². The normalized spacial score (nSPS) is 14.8. The maximum atomic E-state index is 14.7. The summed E-state index contributed by atoms with van der Waals surface area (Å²) in [7, 11) is 1.54. The lowest BCUT2D eigenvalue weighted by atomic mass is 9.91. The number of hydrogen-bond acceptors (Lipinski definition) is 6. The Morgan fingerprint density at radius 1 is 0.930 bits per heavy atom. The second kappa shape index (κ2) is 13.4. The number of amides is 1. The van der Waals surface area contributed by atoms with Gasteiger partial charge in [-0.2, -0.15) is 0 Å². The maximum Gasteiger partial charge on any atom is 0.329 e. The number of ether oxygens (including phenoxy) is 4. The Bertz CT molecular complexity index is 1580. The number of benzene rings is 4. The van der Waals surface area contributed by atoms with E-state index in [1.807, 2.05) is 36.4 Å². The molecule has 0 unspecified atom stereocenters. The summed E-state index contributed by atoms with van der Waals surface area (Å²) in [5.41, 5.74) is 2.86. The Kier molecular flexibility index (Phi) is 9.20. The summed E-state index contributed by atoms with van der Waals surface area (Å²) >= 11 is 0. The number of fused-ring (bicyclic) bond motifs is 1. The Morgan fingerprint density at radius 3 is 2.30 bits per heavy atom. The van der Waals surface area contributed by atoms with Gasteiger partial charge in [-0.1, -0.05) is 66.7 Å². The molecule has 9 heteroatoms. The average molecular weight is 588 g/mol. The van der Waals surface area contributed by atoms with Gasteiger partial charge in [0.05, 0.1) is 13.7 Å². The number of methoxy groups -OCH3 is 1. The molecule has 4 aromatic carbocycles. The van der Waals surface area contributed by atoms with Crippen LogP contribution in [0, 0.1) is 11.6 Å². The molecule has 0 radical (unpaired) electrons. The largest absolute Gasteiger partial charge is 0.493 e. The molecule has 1 amide bonds. The molecular formula is C34H31F2NO6. The Hall–Kier alpha value is -4.92. The first-order valence-electron chi connectivity index (χ1n) is 13.9. The van der Waals surface area contributed by atoms with Gasteiger partial charge < -0.3 is 23.8 Å². The fourth-order valence-corrected chi connectivity index (χ4v) is 5.08. The van der Waals surface area contributed by atoms with Gasteiger partial charge >= 0.3 is 5.97 Å². The van der Waals surface area contributed by atoms with Crippen molar-refractivity contribution in [3.8, 4) is 17.2 Å².